The van der Waals surface area contributed by atoms with Crippen LogP contribution in [0.2, 0.25) is 0 Å². The molecule has 0 fully saturated rings. The van der Waals surface area contributed by atoms with Crippen LogP contribution in [0, 0.1) is 0 Å². The Kier molecular flexibility index (Phi) is 5.71. The third kappa shape index (κ3) is 4.63. The summed E-state index contributed by atoms with van der Waals surface area (Å²) in [5.41, 5.74) is 3.61. The SMILES string of the molecule is C\C=C/C=C(\C=C(/C)OC(F)F)n1cc(-c2cnc3ccccc3n2)cn1. The van der Waals surface area contributed by atoms with Gasteiger partial charge in [0.1, 0.15) is 5.76 Å². The van der Waals surface area contributed by atoms with E-state index in [1.54, 1.807) is 35.4 Å². The van der Waals surface area contributed by atoms with E-state index in [4.69, 9.17) is 0 Å². The molecule has 0 unspecified atom stereocenters. The molecule has 3 rings (SSSR count). The highest BCUT2D eigenvalue weighted by Crippen LogP contribution is 2.21. The van der Waals surface area contributed by atoms with E-state index in [-0.39, 0.29) is 5.76 Å². The molecule has 0 aliphatic carbocycles. The first kappa shape index (κ1) is 18.4. The zero-order valence-corrected chi connectivity index (χ0v) is 14.9. The van der Waals surface area contributed by atoms with E-state index in [1.807, 2.05) is 37.3 Å². The number of hydrogen-bond acceptors (Lipinski definition) is 4. The van der Waals surface area contributed by atoms with Crippen molar-refractivity contribution in [1.29, 1.82) is 0 Å². The lowest BCUT2D eigenvalue weighted by Crippen LogP contribution is -2.00. The third-order valence-electron chi connectivity index (χ3n) is 3.68. The molecule has 1 aromatic carbocycles. The van der Waals surface area contributed by atoms with Crippen LogP contribution in [0.4, 0.5) is 8.78 Å². The van der Waals surface area contributed by atoms with Crippen LogP contribution in [0.1, 0.15) is 13.8 Å². The summed E-state index contributed by atoms with van der Waals surface area (Å²) in [6, 6.07) is 7.59. The molecule has 2 aromatic heterocycles. The fraction of sp³-hybridized carbons (Fsp3) is 0.150. The second-order valence-corrected chi connectivity index (χ2v) is 5.67. The topological polar surface area (TPSA) is 52.8 Å². The quantitative estimate of drug-likeness (QED) is 0.451. The van der Waals surface area contributed by atoms with Gasteiger partial charge in [0.25, 0.3) is 0 Å². The largest absolute Gasteiger partial charge is 0.440 e. The monoisotopic (exact) mass is 368 g/mol. The molecule has 27 heavy (non-hydrogen) atoms. The van der Waals surface area contributed by atoms with Gasteiger partial charge < -0.3 is 4.74 Å². The number of nitrogens with zero attached hydrogens (tertiary/aromatic N) is 4. The third-order valence-corrected chi connectivity index (χ3v) is 3.68. The summed E-state index contributed by atoms with van der Waals surface area (Å²) in [6.45, 7) is 0.458. The molecule has 0 atom stereocenters. The Morgan fingerprint density at radius 2 is 1.96 bits per heavy atom. The van der Waals surface area contributed by atoms with Crippen LogP contribution in [0.25, 0.3) is 28.0 Å². The average Bonchev–Trinajstić information content (AvgIpc) is 3.14. The summed E-state index contributed by atoms with van der Waals surface area (Å²) >= 11 is 0. The van der Waals surface area contributed by atoms with E-state index in [2.05, 4.69) is 19.8 Å². The summed E-state index contributed by atoms with van der Waals surface area (Å²) in [5, 5.41) is 4.32. The van der Waals surface area contributed by atoms with Gasteiger partial charge in [-0.15, -0.1) is 0 Å². The average molecular weight is 368 g/mol. The van der Waals surface area contributed by atoms with Gasteiger partial charge in [0.2, 0.25) is 0 Å². The second-order valence-electron chi connectivity index (χ2n) is 5.67. The van der Waals surface area contributed by atoms with Crippen LogP contribution >= 0.6 is 0 Å². The molecule has 2 heterocycles. The molecule has 0 aliphatic rings. The van der Waals surface area contributed by atoms with Crippen LogP contribution in [-0.2, 0) is 4.74 Å². The molecule has 138 valence electrons. The zero-order chi connectivity index (χ0) is 19.2. The molecule has 0 N–H and O–H groups in total. The number of para-hydroxylation sites is 2. The Labute approximate surface area is 155 Å². The number of halogens is 2. The second kappa shape index (κ2) is 8.35. The minimum Gasteiger partial charge on any atom is -0.440 e. The molecule has 5 nitrogen and oxygen atoms in total. The fourth-order valence-electron chi connectivity index (χ4n) is 2.46. The number of ether oxygens (including phenoxy) is 1. The summed E-state index contributed by atoms with van der Waals surface area (Å²) < 4.78 is 30.8. The number of allylic oxidation sites excluding steroid dienone is 6. The Morgan fingerprint density at radius 1 is 1.19 bits per heavy atom. The van der Waals surface area contributed by atoms with Gasteiger partial charge in [0, 0.05) is 17.8 Å². The van der Waals surface area contributed by atoms with Gasteiger partial charge in [0.05, 0.1) is 34.8 Å². The van der Waals surface area contributed by atoms with Crippen LogP contribution < -0.4 is 0 Å². The minimum atomic E-state index is -2.87. The van der Waals surface area contributed by atoms with Crippen LogP contribution in [-0.4, -0.2) is 26.4 Å². The van der Waals surface area contributed by atoms with Crippen molar-refractivity contribution < 1.29 is 13.5 Å². The predicted molar refractivity (Wildman–Crippen MR) is 101 cm³/mol. The molecule has 0 amide bonds. The lowest BCUT2D eigenvalue weighted by Gasteiger charge is -2.06. The van der Waals surface area contributed by atoms with E-state index in [1.165, 1.54) is 13.0 Å². The number of benzene rings is 1. The maximum absolute atomic E-state index is 12.4. The van der Waals surface area contributed by atoms with Crippen LogP contribution in [0.5, 0.6) is 0 Å². The van der Waals surface area contributed by atoms with E-state index in [0.717, 1.165) is 16.6 Å². The Bertz CT molecular complexity index is 1020. The van der Waals surface area contributed by atoms with Crippen molar-refractivity contribution in [2.45, 2.75) is 20.5 Å². The molecule has 0 radical (unpaired) electrons. The van der Waals surface area contributed by atoms with E-state index >= 15 is 0 Å². The van der Waals surface area contributed by atoms with Crippen LogP contribution in [0.3, 0.4) is 0 Å². The van der Waals surface area contributed by atoms with Gasteiger partial charge in [-0.25, -0.2) is 9.67 Å². The number of alkyl halides is 2. The summed E-state index contributed by atoms with van der Waals surface area (Å²) in [5.74, 6) is 0.0864. The van der Waals surface area contributed by atoms with Crippen molar-refractivity contribution in [2.75, 3.05) is 0 Å². The molecular weight excluding hydrogens is 350 g/mol. The summed E-state index contributed by atoms with van der Waals surface area (Å²) in [7, 11) is 0. The van der Waals surface area contributed by atoms with Crippen LogP contribution in [0.15, 0.2) is 72.9 Å². The normalized spacial score (nSPS) is 13.1. The highest BCUT2D eigenvalue weighted by atomic mass is 19.3. The first-order chi connectivity index (χ1) is 13.1. The number of aromatic nitrogens is 4. The summed E-state index contributed by atoms with van der Waals surface area (Å²) in [6.07, 6.45) is 12.0. The van der Waals surface area contributed by atoms with E-state index in [9.17, 15) is 8.78 Å². The molecule has 0 bridgehead atoms. The van der Waals surface area contributed by atoms with Gasteiger partial charge in [-0.3, -0.25) is 4.98 Å². The predicted octanol–water partition coefficient (Wildman–Crippen LogP) is 5.05. The van der Waals surface area contributed by atoms with Crippen molar-refractivity contribution in [2.24, 2.45) is 0 Å². The van der Waals surface area contributed by atoms with Gasteiger partial charge in [0.15, 0.2) is 0 Å². The minimum absolute atomic E-state index is 0.0864. The Hall–Kier alpha value is -3.35. The summed E-state index contributed by atoms with van der Waals surface area (Å²) in [4.78, 5) is 8.99. The van der Waals surface area contributed by atoms with Gasteiger partial charge in [-0.1, -0.05) is 24.3 Å². The first-order valence-electron chi connectivity index (χ1n) is 8.30. The molecule has 7 heteroatoms. The van der Waals surface area contributed by atoms with Crippen molar-refractivity contribution in [3.63, 3.8) is 0 Å². The van der Waals surface area contributed by atoms with Crippen molar-refractivity contribution in [1.82, 2.24) is 19.7 Å². The fourth-order valence-corrected chi connectivity index (χ4v) is 2.46. The number of rotatable bonds is 6. The molecule has 0 saturated carbocycles. The lowest BCUT2D eigenvalue weighted by atomic mass is 10.2. The standard InChI is InChI=1S/C20H18F2N4O/c1-3-4-7-16(10-14(2)27-20(21)22)26-13-15(11-24-26)19-12-23-17-8-5-6-9-18(17)25-19/h3-13,20H,1-2H3/b4-3-,14-10+,16-7+. The maximum Gasteiger partial charge on any atom is 0.387 e. The molecule has 0 spiro atoms. The first-order valence-corrected chi connectivity index (χ1v) is 8.30. The zero-order valence-electron chi connectivity index (χ0n) is 14.9. The molecule has 0 aliphatic heterocycles. The number of fused-ring (bicyclic) bond motifs is 1. The van der Waals surface area contributed by atoms with Gasteiger partial charge >= 0.3 is 6.61 Å². The Balaban J connectivity index is 1.95. The number of hydrogen-bond donors (Lipinski definition) is 0. The van der Waals surface area contributed by atoms with Gasteiger partial charge in [-0.05, 0) is 32.1 Å². The molecule has 3 aromatic rings. The molecule has 0 saturated heterocycles. The van der Waals surface area contributed by atoms with E-state index < -0.39 is 6.61 Å². The van der Waals surface area contributed by atoms with Crippen molar-refractivity contribution in [3.8, 4) is 11.3 Å². The van der Waals surface area contributed by atoms with Crippen molar-refractivity contribution >= 4 is 16.7 Å². The van der Waals surface area contributed by atoms with Crippen molar-refractivity contribution in [3.05, 3.63) is 72.9 Å². The molecular formula is C20H18F2N4O. The smallest absolute Gasteiger partial charge is 0.387 e. The lowest BCUT2D eigenvalue weighted by molar-refractivity contribution is -0.0953. The Morgan fingerprint density at radius 3 is 2.70 bits per heavy atom. The maximum atomic E-state index is 12.4. The highest BCUT2D eigenvalue weighted by Gasteiger charge is 2.09. The van der Waals surface area contributed by atoms with Gasteiger partial charge in [-0.2, -0.15) is 13.9 Å². The highest BCUT2D eigenvalue weighted by molar-refractivity contribution is 5.76. The van der Waals surface area contributed by atoms with E-state index in [0.29, 0.717) is 11.4 Å².